The van der Waals surface area contributed by atoms with Crippen LogP contribution in [0.3, 0.4) is 0 Å². The maximum Gasteiger partial charge on any atom is 0.419 e. The zero-order valence-corrected chi connectivity index (χ0v) is 22.9. The monoisotopic (exact) mass is 582 g/mol. The molecule has 1 aromatic carbocycles. The second-order valence-electron chi connectivity index (χ2n) is 10.0. The van der Waals surface area contributed by atoms with Gasteiger partial charge in [0.2, 0.25) is 5.91 Å². The highest BCUT2D eigenvalue weighted by molar-refractivity contribution is 6.30. The van der Waals surface area contributed by atoms with Crippen molar-refractivity contribution in [1.82, 2.24) is 10.3 Å². The third kappa shape index (κ3) is 7.44. The lowest BCUT2D eigenvalue weighted by Gasteiger charge is -2.25. The van der Waals surface area contributed by atoms with Crippen molar-refractivity contribution in [3.63, 3.8) is 0 Å². The van der Waals surface area contributed by atoms with E-state index in [2.05, 4.69) is 22.2 Å². The Kier molecular flexibility index (Phi) is 9.03. The molecular weight excluding hydrogens is 553 g/mol. The van der Waals surface area contributed by atoms with E-state index >= 15 is 0 Å². The third-order valence-electron chi connectivity index (χ3n) is 6.55. The van der Waals surface area contributed by atoms with Crippen molar-refractivity contribution in [1.29, 1.82) is 0 Å². The molecule has 3 rings (SSSR count). The fraction of sp³-hybridized carbons (Fsp3) is 0.407. The van der Waals surface area contributed by atoms with Crippen LogP contribution < -0.4 is 21.1 Å². The number of nitrogens with one attached hydrogen (secondary N) is 2. The summed E-state index contributed by atoms with van der Waals surface area (Å²) in [5.74, 6) is -1.72. The Bertz CT molecular complexity index is 1310. The molecule has 0 spiro atoms. The normalized spacial score (nSPS) is 15.0. The second-order valence-corrected chi connectivity index (χ2v) is 10.4. The molecule has 1 aromatic heterocycles. The van der Waals surface area contributed by atoms with Crippen molar-refractivity contribution in [3.05, 3.63) is 65.0 Å². The Hall–Kier alpha value is -3.80. The molecule has 3 amide bonds. The SMILES string of the molecule is C=CC(C)(C)OC(=O)N[C@H](C)c1cccc(C(F)(F)F)c1OCCC1(C(=O)Nc2cnc(Cl)cc2C(N)=O)CC1. The van der Waals surface area contributed by atoms with Crippen molar-refractivity contribution >= 4 is 35.2 Å². The maximum atomic E-state index is 13.9. The van der Waals surface area contributed by atoms with Crippen molar-refractivity contribution in [2.45, 2.75) is 57.9 Å². The summed E-state index contributed by atoms with van der Waals surface area (Å²) >= 11 is 5.81. The van der Waals surface area contributed by atoms with E-state index in [1.807, 2.05) is 0 Å². The number of alkyl halides is 3. The van der Waals surface area contributed by atoms with E-state index in [1.54, 1.807) is 13.8 Å². The predicted octanol–water partition coefficient (Wildman–Crippen LogP) is 5.79. The predicted molar refractivity (Wildman–Crippen MR) is 142 cm³/mol. The van der Waals surface area contributed by atoms with E-state index in [4.69, 9.17) is 26.8 Å². The van der Waals surface area contributed by atoms with Gasteiger partial charge in [0.15, 0.2) is 0 Å². The number of anilines is 1. The smallest absolute Gasteiger partial charge is 0.419 e. The number of carbonyl (C=O) groups excluding carboxylic acids is 3. The van der Waals surface area contributed by atoms with Gasteiger partial charge < -0.3 is 25.8 Å². The summed E-state index contributed by atoms with van der Waals surface area (Å²) in [5, 5.41) is 5.15. The zero-order valence-electron chi connectivity index (χ0n) is 22.2. The number of primary amides is 1. The molecule has 13 heteroatoms. The average Bonchev–Trinajstić information content (AvgIpc) is 3.65. The number of hydrogen-bond acceptors (Lipinski definition) is 6. The quantitative estimate of drug-likeness (QED) is 0.227. The minimum absolute atomic E-state index is 0.0156. The molecule has 0 radical (unpaired) electrons. The maximum absolute atomic E-state index is 13.9. The molecule has 1 saturated carbocycles. The van der Waals surface area contributed by atoms with E-state index in [0.717, 1.165) is 6.07 Å². The van der Waals surface area contributed by atoms with Gasteiger partial charge >= 0.3 is 12.3 Å². The highest BCUT2D eigenvalue weighted by Gasteiger charge is 2.50. The van der Waals surface area contributed by atoms with Crippen molar-refractivity contribution in [2.75, 3.05) is 11.9 Å². The number of halogens is 4. The number of pyridine rings is 1. The number of benzene rings is 1. The lowest BCUT2D eigenvalue weighted by molar-refractivity contribution is -0.139. The third-order valence-corrected chi connectivity index (χ3v) is 6.75. The molecule has 1 aliphatic carbocycles. The molecule has 216 valence electrons. The summed E-state index contributed by atoms with van der Waals surface area (Å²) in [6, 6.07) is 3.82. The first kappa shape index (κ1) is 30.7. The van der Waals surface area contributed by atoms with E-state index < -0.39 is 52.5 Å². The Morgan fingerprint density at radius 1 is 1.27 bits per heavy atom. The Morgan fingerprint density at radius 3 is 2.52 bits per heavy atom. The van der Waals surface area contributed by atoms with Crippen LogP contribution in [0.15, 0.2) is 43.1 Å². The van der Waals surface area contributed by atoms with E-state index in [9.17, 15) is 27.6 Å². The number of carbonyl (C=O) groups is 3. The first-order valence-electron chi connectivity index (χ1n) is 12.3. The number of ether oxygens (including phenoxy) is 2. The van der Waals surface area contributed by atoms with Gasteiger partial charge in [0.25, 0.3) is 5.91 Å². The van der Waals surface area contributed by atoms with E-state index in [0.29, 0.717) is 12.8 Å². The van der Waals surface area contributed by atoms with Crippen LogP contribution in [0.4, 0.5) is 23.7 Å². The minimum atomic E-state index is -4.74. The zero-order chi connectivity index (χ0) is 29.9. The van der Waals surface area contributed by atoms with Crippen molar-refractivity contribution < 1.29 is 37.0 Å². The molecular formula is C27H30ClF3N4O5. The summed E-state index contributed by atoms with van der Waals surface area (Å²) in [6.07, 6.45) is -1.95. The second kappa shape index (κ2) is 11.7. The first-order valence-corrected chi connectivity index (χ1v) is 12.7. The molecule has 0 saturated heterocycles. The molecule has 1 atom stereocenters. The van der Waals surface area contributed by atoms with Crippen LogP contribution in [-0.4, -0.2) is 35.1 Å². The minimum Gasteiger partial charge on any atom is -0.493 e. The Morgan fingerprint density at radius 2 is 1.95 bits per heavy atom. The number of hydrogen-bond donors (Lipinski definition) is 3. The van der Waals surface area contributed by atoms with Gasteiger partial charge in [-0.05, 0) is 58.2 Å². The summed E-state index contributed by atoms with van der Waals surface area (Å²) in [4.78, 5) is 40.9. The van der Waals surface area contributed by atoms with Gasteiger partial charge in [-0.15, -0.1) is 0 Å². The highest BCUT2D eigenvalue weighted by Crippen LogP contribution is 2.50. The molecule has 1 aliphatic rings. The van der Waals surface area contributed by atoms with Crippen LogP contribution in [0.1, 0.15) is 67.6 Å². The summed E-state index contributed by atoms with van der Waals surface area (Å²) in [6.45, 7) is 8.05. The van der Waals surface area contributed by atoms with Crippen LogP contribution in [0.25, 0.3) is 0 Å². The summed E-state index contributed by atoms with van der Waals surface area (Å²) in [5.41, 5.74) is 2.56. The lowest BCUT2D eigenvalue weighted by atomic mass is 10.0. The standard InChI is InChI=1S/C27H30ClF3N4O5/c1-5-25(3,4)40-24(38)34-15(2)16-7-6-8-18(27(29,30)31)21(16)39-12-11-26(9-10-26)23(37)35-19-14-33-20(28)13-17(19)22(32)36/h5-8,13-15H,1,9-12H2,2-4H3,(H2,32,36)(H,34,38)(H,35,37)/t15-/m1/s1. The van der Waals surface area contributed by atoms with Gasteiger partial charge in [0.1, 0.15) is 16.5 Å². The molecule has 1 heterocycles. The average molecular weight is 583 g/mol. The lowest BCUT2D eigenvalue weighted by Crippen LogP contribution is -2.35. The molecule has 0 unspecified atom stereocenters. The first-order chi connectivity index (χ1) is 18.6. The number of nitrogens with two attached hydrogens (primary N) is 1. The molecule has 1 fully saturated rings. The number of rotatable bonds is 11. The van der Waals surface area contributed by atoms with Crippen LogP contribution in [-0.2, 0) is 15.7 Å². The van der Waals surface area contributed by atoms with Gasteiger partial charge in [0.05, 0.1) is 41.1 Å². The highest BCUT2D eigenvalue weighted by atomic mass is 35.5. The molecule has 40 heavy (non-hydrogen) atoms. The van der Waals surface area contributed by atoms with Crippen molar-refractivity contribution in [2.24, 2.45) is 11.1 Å². The number of aromatic nitrogens is 1. The van der Waals surface area contributed by atoms with Gasteiger partial charge in [-0.3, -0.25) is 9.59 Å². The van der Waals surface area contributed by atoms with Gasteiger partial charge in [-0.25, -0.2) is 9.78 Å². The van der Waals surface area contributed by atoms with Gasteiger partial charge in [0, 0.05) is 5.56 Å². The molecule has 9 nitrogen and oxygen atoms in total. The largest absolute Gasteiger partial charge is 0.493 e. The summed E-state index contributed by atoms with van der Waals surface area (Å²) in [7, 11) is 0. The number of amides is 3. The van der Waals surface area contributed by atoms with E-state index in [-0.39, 0.29) is 35.0 Å². The van der Waals surface area contributed by atoms with Crippen LogP contribution in [0, 0.1) is 5.41 Å². The Labute approximate surface area is 234 Å². The molecule has 2 aromatic rings. The van der Waals surface area contributed by atoms with Gasteiger partial charge in [-0.2, -0.15) is 13.2 Å². The Balaban J connectivity index is 1.76. The fourth-order valence-corrected chi connectivity index (χ4v) is 4.08. The summed E-state index contributed by atoms with van der Waals surface area (Å²) < 4.78 is 52.5. The van der Waals surface area contributed by atoms with Crippen LogP contribution in [0.5, 0.6) is 5.75 Å². The molecule has 0 bridgehead atoms. The number of alkyl carbamates (subject to hydrolysis) is 1. The fourth-order valence-electron chi connectivity index (χ4n) is 3.92. The van der Waals surface area contributed by atoms with Crippen molar-refractivity contribution in [3.8, 4) is 5.75 Å². The number of para-hydroxylation sites is 1. The topological polar surface area (TPSA) is 133 Å². The van der Waals surface area contributed by atoms with E-state index in [1.165, 1.54) is 37.4 Å². The molecule has 4 N–H and O–H groups in total. The van der Waals surface area contributed by atoms with Gasteiger partial charge in [-0.1, -0.05) is 30.3 Å². The number of nitrogens with zero attached hydrogens (tertiary/aromatic N) is 1. The van der Waals surface area contributed by atoms with Crippen LogP contribution >= 0.6 is 11.6 Å². The molecule has 0 aliphatic heterocycles. The van der Waals surface area contributed by atoms with Crippen LogP contribution in [0.2, 0.25) is 5.15 Å².